The standard InChI is InChI=1S/C18H18N4O7S2/c1-29-7-6-13-21-16-15(12(9-30-16)18(25)26)17(24)22(13)8-14(23)20-10-2-4-11(5-3-10)31(19,27)28/h2-5,9H,6-8H2,1H3,(H,20,23)(H,25,26)(H2,19,27,28). The number of nitrogens with zero attached hydrogens (tertiary/aromatic N) is 2. The Morgan fingerprint density at radius 1 is 1.29 bits per heavy atom. The zero-order valence-corrected chi connectivity index (χ0v) is 17.8. The number of fused-ring (bicyclic) bond motifs is 1. The molecule has 0 bridgehead atoms. The lowest BCUT2D eigenvalue weighted by molar-refractivity contribution is -0.116. The number of carbonyl (C=O) groups excluding carboxylic acids is 1. The molecule has 0 atom stereocenters. The highest BCUT2D eigenvalue weighted by Gasteiger charge is 2.21. The van der Waals surface area contributed by atoms with Crippen LogP contribution in [0.2, 0.25) is 0 Å². The predicted molar refractivity (Wildman–Crippen MR) is 113 cm³/mol. The van der Waals surface area contributed by atoms with Gasteiger partial charge in [0, 0.05) is 24.6 Å². The van der Waals surface area contributed by atoms with E-state index in [1.165, 1.54) is 36.8 Å². The summed E-state index contributed by atoms with van der Waals surface area (Å²) in [7, 11) is -2.39. The molecule has 13 heteroatoms. The molecule has 0 aliphatic rings. The molecule has 4 N–H and O–H groups in total. The topological polar surface area (TPSA) is 171 Å². The molecule has 0 aliphatic carbocycles. The lowest BCUT2D eigenvalue weighted by Crippen LogP contribution is -2.32. The Balaban J connectivity index is 1.93. The fraction of sp³-hybridized carbons (Fsp3) is 0.222. The van der Waals surface area contributed by atoms with E-state index in [0.717, 1.165) is 15.9 Å². The fourth-order valence-corrected chi connectivity index (χ4v) is 4.28. The van der Waals surface area contributed by atoms with E-state index < -0.39 is 34.0 Å². The van der Waals surface area contributed by atoms with Crippen LogP contribution in [0.25, 0.3) is 10.2 Å². The molecular weight excluding hydrogens is 448 g/mol. The minimum absolute atomic E-state index is 0.0658. The molecule has 31 heavy (non-hydrogen) atoms. The summed E-state index contributed by atoms with van der Waals surface area (Å²) in [6.07, 6.45) is 0.234. The van der Waals surface area contributed by atoms with Crippen molar-refractivity contribution in [2.75, 3.05) is 19.0 Å². The van der Waals surface area contributed by atoms with Gasteiger partial charge in [-0.2, -0.15) is 0 Å². The quantitative estimate of drug-likeness (QED) is 0.434. The van der Waals surface area contributed by atoms with E-state index in [9.17, 15) is 27.9 Å². The summed E-state index contributed by atoms with van der Waals surface area (Å²) in [6.45, 7) is -0.182. The fourth-order valence-electron chi connectivity index (χ4n) is 2.84. The lowest BCUT2D eigenvalue weighted by atomic mass is 10.2. The monoisotopic (exact) mass is 466 g/mol. The number of rotatable bonds is 8. The third-order valence-corrected chi connectivity index (χ3v) is 6.10. The highest BCUT2D eigenvalue weighted by atomic mass is 32.2. The second-order valence-electron chi connectivity index (χ2n) is 6.41. The van der Waals surface area contributed by atoms with E-state index in [0.29, 0.717) is 5.69 Å². The van der Waals surface area contributed by atoms with Crippen molar-refractivity contribution in [3.63, 3.8) is 0 Å². The molecular formula is C18H18N4O7S2. The van der Waals surface area contributed by atoms with Crippen LogP contribution in [0.4, 0.5) is 5.69 Å². The Hall–Kier alpha value is -3.13. The Bertz CT molecular complexity index is 1310. The number of methoxy groups -OCH3 is 1. The maximum Gasteiger partial charge on any atom is 0.337 e. The molecule has 1 amide bonds. The predicted octanol–water partition coefficient (Wildman–Crippen LogP) is 0.631. The molecule has 11 nitrogen and oxygen atoms in total. The van der Waals surface area contributed by atoms with E-state index in [1.807, 2.05) is 0 Å². The number of primary sulfonamides is 1. The Kier molecular flexibility index (Phi) is 6.50. The minimum atomic E-state index is -3.87. The van der Waals surface area contributed by atoms with Crippen LogP contribution in [-0.2, 0) is 32.5 Å². The number of anilines is 1. The van der Waals surface area contributed by atoms with Gasteiger partial charge in [0.05, 0.1) is 22.5 Å². The maximum absolute atomic E-state index is 13.0. The Labute approximate surface area is 180 Å². The second kappa shape index (κ2) is 8.93. The van der Waals surface area contributed by atoms with Crippen LogP contribution in [0, 0.1) is 0 Å². The van der Waals surface area contributed by atoms with Gasteiger partial charge in [0.15, 0.2) is 0 Å². The number of ether oxygens (including phenoxy) is 1. The number of sulfonamides is 1. The van der Waals surface area contributed by atoms with Gasteiger partial charge in [-0.25, -0.2) is 23.3 Å². The Morgan fingerprint density at radius 2 is 1.97 bits per heavy atom. The van der Waals surface area contributed by atoms with Crippen LogP contribution >= 0.6 is 11.3 Å². The van der Waals surface area contributed by atoms with Crippen molar-refractivity contribution in [3.8, 4) is 0 Å². The van der Waals surface area contributed by atoms with E-state index in [2.05, 4.69) is 10.3 Å². The van der Waals surface area contributed by atoms with E-state index in [1.54, 1.807) is 0 Å². The summed E-state index contributed by atoms with van der Waals surface area (Å²) in [5.74, 6) is -1.57. The summed E-state index contributed by atoms with van der Waals surface area (Å²) < 4.78 is 28.8. The normalized spacial score (nSPS) is 11.5. The zero-order chi connectivity index (χ0) is 22.8. The molecule has 3 aromatic rings. The number of carbonyl (C=O) groups is 2. The largest absolute Gasteiger partial charge is 0.478 e. The summed E-state index contributed by atoms with van der Waals surface area (Å²) in [4.78, 5) is 41.5. The minimum Gasteiger partial charge on any atom is -0.478 e. The molecule has 0 unspecified atom stereocenters. The molecule has 0 fully saturated rings. The number of nitrogens with two attached hydrogens (primary N) is 1. The van der Waals surface area contributed by atoms with Gasteiger partial charge < -0.3 is 15.2 Å². The van der Waals surface area contributed by atoms with Gasteiger partial charge in [-0.1, -0.05) is 0 Å². The highest BCUT2D eigenvalue weighted by molar-refractivity contribution is 7.89. The first kappa shape index (κ1) is 22.6. The first-order valence-electron chi connectivity index (χ1n) is 8.77. The number of aromatic carboxylic acids is 1. The van der Waals surface area contributed by atoms with Crippen molar-refractivity contribution in [1.29, 1.82) is 0 Å². The maximum atomic E-state index is 13.0. The number of carboxylic acid groups (broad SMARTS) is 1. The molecule has 1 aromatic carbocycles. The van der Waals surface area contributed by atoms with Crippen molar-refractivity contribution >= 4 is 49.1 Å². The zero-order valence-electron chi connectivity index (χ0n) is 16.2. The molecule has 3 rings (SSSR count). The number of thiophene rings is 1. The number of hydrogen-bond donors (Lipinski definition) is 3. The molecule has 0 spiro atoms. The number of amides is 1. The molecule has 0 saturated carbocycles. The average molecular weight is 466 g/mol. The summed E-state index contributed by atoms with van der Waals surface area (Å²) >= 11 is 1.03. The number of hydrogen-bond acceptors (Lipinski definition) is 8. The summed E-state index contributed by atoms with van der Waals surface area (Å²) in [5.41, 5.74) is -0.530. The molecule has 0 aliphatic heterocycles. The number of nitrogens with one attached hydrogen (secondary N) is 1. The van der Waals surface area contributed by atoms with Crippen molar-refractivity contribution in [1.82, 2.24) is 9.55 Å². The van der Waals surface area contributed by atoms with Gasteiger partial charge in [0.25, 0.3) is 5.56 Å². The van der Waals surface area contributed by atoms with Crippen molar-refractivity contribution < 1.29 is 27.9 Å². The van der Waals surface area contributed by atoms with Gasteiger partial charge >= 0.3 is 5.97 Å². The van der Waals surface area contributed by atoms with Crippen molar-refractivity contribution in [3.05, 3.63) is 51.4 Å². The van der Waals surface area contributed by atoms with Gasteiger partial charge in [-0.05, 0) is 24.3 Å². The van der Waals surface area contributed by atoms with Crippen LogP contribution in [0.15, 0.2) is 39.3 Å². The van der Waals surface area contributed by atoms with Crippen molar-refractivity contribution in [2.45, 2.75) is 17.9 Å². The SMILES string of the molecule is COCCc1nc2scc(C(=O)O)c2c(=O)n1CC(=O)Nc1ccc(S(N)(=O)=O)cc1. The van der Waals surface area contributed by atoms with E-state index >= 15 is 0 Å². The summed E-state index contributed by atoms with van der Waals surface area (Å²) in [6, 6.07) is 5.18. The smallest absolute Gasteiger partial charge is 0.337 e. The number of aromatic nitrogens is 2. The van der Waals surface area contributed by atoms with Crippen molar-refractivity contribution in [2.24, 2.45) is 5.14 Å². The molecule has 164 valence electrons. The summed E-state index contributed by atoms with van der Waals surface area (Å²) in [5, 5.41) is 18.2. The van der Waals surface area contributed by atoms with Crippen LogP contribution in [0.1, 0.15) is 16.2 Å². The highest BCUT2D eigenvalue weighted by Crippen LogP contribution is 2.22. The van der Waals surface area contributed by atoms with Crippen LogP contribution in [-0.4, -0.2) is 48.7 Å². The first-order valence-corrected chi connectivity index (χ1v) is 11.2. The third-order valence-electron chi connectivity index (χ3n) is 4.30. The van der Waals surface area contributed by atoms with Gasteiger partial charge in [0.2, 0.25) is 15.9 Å². The first-order chi connectivity index (χ1) is 14.6. The lowest BCUT2D eigenvalue weighted by Gasteiger charge is -2.13. The van der Waals surface area contributed by atoms with Gasteiger partial charge in [-0.3, -0.25) is 14.2 Å². The second-order valence-corrected chi connectivity index (χ2v) is 8.83. The van der Waals surface area contributed by atoms with E-state index in [4.69, 9.17) is 9.88 Å². The molecule has 0 saturated heterocycles. The number of carboxylic acids is 1. The molecule has 2 aromatic heterocycles. The number of benzene rings is 1. The van der Waals surface area contributed by atoms with Gasteiger partial charge in [0.1, 0.15) is 17.2 Å². The molecule has 2 heterocycles. The van der Waals surface area contributed by atoms with Gasteiger partial charge in [-0.15, -0.1) is 11.3 Å². The average Bonchev–Trinajstić information content (AvgIpc) is 3.13. The van der Waals surface area contributed by atoms with Crippen LogP contribution in [0.3, 0.4) is 0 Å². The molecule has 0 radical (unpaired) electrons. The van der Waals surface area contributed by atoms with Crippen LogP contribution in [0.5, 0.6) is 0 Å². The Morgan fingerprint density at radius 3 is 2.55 bits per heavy atom. The third kappa shape index (κ3) is 4.96. The van der Waals surface area contributed by atoms with E-state index in [-0.39, 0.29) is 39.5 Å². The van der Waals surface area contributed by atoms with Crippen LogP contribution < -0.4 is 16.0 Å².